The lowest BCUT2D eigenvalue weighted by molar-refractivity contribution is 0.511. The van der Waals surface area contributed by atoms with Crippen LogP contribution in [0.5, 0.6) is 0 Å². The molecule has 1 N–H and O–H groups in total. The van der Waals surface area contributed by atoms with Crippen LogP contribution in [0.2, 0.25) is 0 Å². The highest BCUT2D eigenvalue weighted by Crippen LogP contribution is 2.29. The van der Waals surface area contributed by atoms with Crippen molar-refractivity contribution in [3.8, 4) is 11.4 Å². The van der Waals surface area contributed by atoms with Crippen molar-refractivity contribution in [2.45, 2.75) is 46.2 Å². The van der Waals surface area contributed by atoms with Gasteiger partial charge in [0.25, 0.3) is 0 Å². The third-order valence-corrected chi connectivity index (χ3v) is 4.76. The number of aryl methyl sites for hydroxylation is 1. The fraction of sp³-hybridized carbons (Fsp3) is 0.381. The Kier molecular flexibility index (Phi) is 4.69. The summed E-state index contributed by atoms with van der Waals surface area (Å²) in [6.07, 6.45) is 7.10. The molecule has 1 aliphatic carbocycles. The van der Waals surface area contributed by atoms with E-state index >= 15 is 0 Å². The highest BCUT2D eigenvalue weighted by molar-refractivity contribution is 5.60. The van der Waals surface area contributed by atoms with Gasteiger partial charge in [-0.1, -0.05) is 44.2 Å². The van der Waals surface area contributed by atoms with Gasteiger partial charge in [-0.05, 0) is 25.2 Å². The van der Waals surface area contributed by atoms with Crippen LogP contribution in [-0.4, -0.2) is 19.5 Å². The van der Waals surface area contributed by atoms with Crippen LogP contribution in [0.3, 0.4) is 0 Å². The Labute approximate surface area is 154 Å². The second-order valence-electron chi connectivity index (χ2n) is 7.33. The molecule has 0 amide bonds. The van der Waals surface area contributed by atoms with Gasteiger partial charge in [0.1, 0.15) is 5.82 Å². The standard InChI is InChI=1S/C21H25N5/c1-15(2)13-26-14-22-11-17(26)12-23-21-18-9-6-10-19(18)24-20(25-21)16-7-4-3-5-8-16/h3-5,7-8,11,14-15H,6,9-10,12-13H2,1-2H3,(H,23,24,25). The van der Waals surface area contributed by atoms with E-state index in [9.17, 15) is 0 Å². The fourth-order valence-electron chi connectivity index (χ4n) is 3.52. The number of nitrogens with one attached hydrogen (secondary N) is 1. The van der Waals surface area contributed by atoms with Gasteiger partial charge in [0.2, 0.25) is 0 Å². The summed E-state index contributed by atoms with van der Waals surface area (Å²) >= 11 is 0. The van der Waals surface area contributed by atoms with Crippen molar-refractivity contribution in [3.05, 3.63) is 59.8 Å². The summed E-state index contributed by atoms with van der Waals surface area (Å²) in [5, 5.41) is 3.56. The molecular formula is C21H25N5. The summed E-state index contributed by atoms with van der Waals surface area (Å²) in [4.78, 5) is 14.0. The van der Waals surface area contributed by atoms with Crippen molar-refractivity contribution in [1.29, 1.82) is 0 Å². The van der Waals surface area contributed by atoms with Crippen molar-refractivity contribution < 1.29 is 0 Å². The number of anilines is 1. The Bertz CT molecular complexity index is 883. The molecule has 0 atom stereocenters. The first-order valence-electron chi connectivity index (χ1n) is 9.39. The first-order valence-corrected chi connectivity index (χ1v) is 9.39. The fourth-order valence-corrected chi connectivity index (χ4v) is 3.52. The van der Waals surface area contributed by atoms with Crippen LogP contribution in [-0.2, 0) is 25.9 Å². The summed E-state index contributed by atoms with van der Waals surface area (Å²) in [5.74, 6) is 2.38. The number of hydrogen-bond donors (Lipinski definition) is 1. The summed E-state index contributed by atoms with van der Waals surface area (Å²) < 4.78 is 2.22. The average molecular weight is 347 g/mol. The maximum atomic E-state index is 4.85. The Morgan fingerprint density at radius 3 is 2.77 bits per heavy atom. The third kappa shape index (κ3) is 3.47. The lowest BCUT2D eigenvalue weighted by atomic mass is 10.2. The lowest BCUT2D eigenvalue weighted by Crippen LogP contribution is -2.12. The minimum Gasteiger partial charge on any atom is -0.364 e. The molecule has 0 aliphatic heterocycles. The molecule has 5 nitrogen and oxygen atoms in total. The van der Waals surface area contributed by atoms with Gasteiger partial charge in [0, 0.05) is 29.6 Å². The van der Waals surface area contributed by atoms with E-state index in [1.807, 2.05) is 30.7 Å². The number of benzene rings is 1. The van der Waals surface area contributed by atoms with E-state index in [4.69, 9.17) is 9.97 Å². The van der Waals surface area contributed by atoms with Crippen molar-refractivity contribution in [3.63, 3.8) is 0 Å². The molecule has 26 heavy (non-hydrogen) atoms. The van der Waals surface area contributed by atoms with Gasteiger partial charge in [-0.25, -0.2) is 15.0 Å². The highest BCUT2D eigenvalue weighted by atomic mass is 15.1. The maximum Gasteiger partial charge on any atom is 0.161 e. The minimum absolute atomic E-state index is 0.593. The Hall–Kier alpha value is -2.69. The molecule has 0 radical (unpaired) electrons. The van der Waals surface area contributed by atoms with Crippen molar-refractivity contribution in [2.24, 2.45) is 5.92 Å². The number of imidazole rings is 1. The van der Waals surface area contributed by atoms with E-state index in [2.05, 4.69) is 40.8 Å². The molecule has 0 unspecified atom stereocenters. The molecule has 0 saturated carbocycles. The zero-order valence-electron chi connectivity index (χ0n) is 15.4. The van der Waals surface area contributed by atoms with Crippen LogP contribution in [0.1, 0.15) is 37.2 Å². The van der Waals surface area contributed by atoms with Crippen LogP contribution in [0.4, 0.5) is 5.82 Å². The normalized spacial score (nSPS) is 13.2. The Morgan fingerprint density at radius 1 is 1.12 bits per heavy atom. The molecule has 0 saturated heterocycles. The molecule has 2 aromatic heterocycles. The van der Waals surface area contributed by atoms with E-state index in [1.165, 1.54) is 17.0 Å². The van der Waals surface area contributed by atoms with Gasteiger partial charge < -0.3 is 9.88 Å². The SMILES string of the molecule is CC(C)Cn1cncc1CNc1nc(-c2ccccc2)nc2c1CCC2. The molecule has 134 valence electrons. The monoisotopic (exact) mass is 347 g/mol. The molecule has 0 bridgehead atoms. The molecule has 4 rings (SSSR count). The first kappa shape index (κ1) is 16.8. The Morgan fingerprint density at radius 2 is 1.96 bits per heavy atom. The summed E-state index contributed by atoms with van der Waals surface area (Å²) in [6.45, 7) is 6.15. The topological polar surface area (TPSA) is 55.6 Å². The summed E-state index contributed by atoms with van der Waals surface area (Å²) in [5.41, 5.74) is 4.72. The zero-order chi connectivity index (χ0) is 17.9. The quantitative estimate of drug-likeness (QED) is 0.729. The zero-order valence-corrected chi connectivity index (χ0v) is 15.4. The van der Waals surface area contributed by atoms with Crippen LogP contribution in [0.25, 0.3) is 11.4 Å². The number of hydrogen-bond acceptors (Lipinski definition) is 4. The summed E-state index contributed by atoms with van der Waals surface area (Å²) in [7, 11) is 0. The van der Waals surface area contributed by atoms with Gasteiger partial charge in [-0.15, -0.1) is 0 Å². The molecule has 2 heterocycles. The van der Waals surface area contributed by atoms with Crippen molar-refractivity contribution in [1.82, 2.24) is 19.5 Å². The van der Waals surface area contributed by atoms with Crippen LogP contribution in [0.15, 0.2) is 42.9 Å². The first-order chi connectivity index (χ1) is 12.7. The van der Waals surface area contributed by atoms with Crippen molar-refractivity contribution in [2.75, 3.05) is 5.32 Å². The predicted octanol–water partition coefficient (Wildman–Crippen LogP) is 4.10. The highest BCUT2D eigenvalue weighted by Gasteiger charge is 2.20. The summed E-state index contributed by atoms with van der Waals surface area (Å²) in [6, 6.07) is 10.2. The van der Waals surface area contributed by atoms with Crippen LogP contribution in [0, 0.1) is 5.92 Å². The third-order valence-electron chi connectivity index (χ3n) is 4.76. The van der Waals surface area contributed by atoms with E-state index in [-0.39, 0.29) is 0 Å². The molecule has 3 aromatic rings. The van der Waals surface area contributed by atoms with Gasteiger partial charge in [-0.2, -0.15) is 0 Å². The minimum atomic E-state index is 0.593. The van der Waals surface area contributed by atoms with Gasteiger partial charge >= 0.3 is 0 Å². The van der Waals surface area contributed by atoms with Crippen LogP contribution >= 0.6 is 0 Å². The second-order valence-corrected chi connectivity index (χ2v) is 7.33. The molecule has 0 spiro atoms. The number of fused-ring (bicyclic) bond motifs is 1. The smallest absolute Gasteiger partial charge is 0.161 e. The van der Waals surface area contributed by atoms with E-state index < -0.39 is 0 Å². The molecule has 0 fully saturated rings. The van der Waals surface area contributed by atoms with Crippen LogP contribution < -0.4 is 5.32 Å². The molecule has 1 aliphatic rings. The predicted molar refractivity (Wildman–Crippen MR) is 104 cm³/mol. The molecular weight excluding hydrogens is 322 g/mol. The largest absolute Gasteiger partial charge is 0.364 e. The number of rotatable bonds is 6. The average Bonchev–Trinajstić information content (AvgIpc) is 3.29. The van der Waals surface area contributed by atoms with E-state index in [1.54, 1.807) is 0 Å². The number of nitrogens with zero attached hydrogens (tertiary/aromatic N) is 4. The van der Waals surface area contributed by atoms with E-state index in [0.29, 0.717) is 5.92 Å². The second kappa shape index (κ2) is 7.28. The molecule has 1 aromatic carbocycles. The lowest BCUT2D eigenvalue weighted by Gasteiger charge is -2.14. The van der Waals surface area contributed by atoms with Crippen molar-refractivity contribution >= 4 is 5.82 Å². The Balaban J connectivity index is 1.60. The molecule has 5 heteroatoms. The maximum absolute atomic E-state index is 4.85. The van der Waals surface area contributed by atoms with Gasteiger partial charge in [-0.3, -0.25) is 0 Å². The van der Waals surface area contributed by atoms with Gasteiger partial charge in [0.05, 0.1) is 18.6 Å². The number of aromatic nitrogens is 4. The van der Waals surface area contributed by atoms with Gasteiger partial charge in [0.15, 0.2) is 5.82 Å². The van der Waals surface area contributed by atoms with E-state index in [0.717, 1.165) is 49.6 Å².